The molecule has 3 saturated heterocycles. The summed E-state index contributed by atoms with van der Waals surface area (Å²) in [4.78, 5) is 62.0. The highest BCUT2D eigenvalue weighted by Crippen LogP contribution is 2.51. The molecule has 5 aromatic rings. The monoisotopic (exact) mass is 874 g/mol. The molecule has 10 rings (SSSR count). The van der Waals surface area contributed by atoms with Crippen LogP contribution in [-0.2, 0) is 16.6 Å². The third-order valence-electron chi connectivity index (χ3n) is 14.3. The average molecular weight is 875 g/mol. The molecule has 4 aromatic heterocycles. The van der Waals surface area contributed by atoms with Crippen molar-refractivity contribution < 1.29 is 31.9 Å². The number of benzene rings is 1. The van der Waals surface area contributed by atoms with Gasteiger partial charge in [0.15, 0.2) is 11.3 Å². The number of anilines is 3. The summed E-state index contributed by atoms with van der Waals surface area (Å²) in [7, 11) is 3.28. The molecular weight excluding hydrogens is 825 g/mol. The fraction of sp³-hybridized carbons (Fsp3) is 0.558. The predicted molar refractivity (Wildman–Crippen MR) is 224 cm³/mol. The van der Waals surface area contributed by atoms with E-state index in [1.807, 2.05) is 6.07 Å². The lowest BCUT2D eigenvalue weighted by molar-refractivity contribution is -0.135. The van der Waals surface area contributed by atoms with Crippen LogP contribution >= 0.6 is 0 Å². The Labute approximate surface area is 359 Å². The first-order valence-electron chi connectivity index (χ1n) is 21.9. The quantitative estimate of drug-likeness (QED) is 0.136. The summed E-state index contributed by atoms with van der Waals surface area (Å²) < 4.78 is 66.8. The highest BCUT2D eigenvalue weighted by atomic mass is 19.3. The molecule has 16 nitrogen and oxygen atoms in total. The molecule has 0 radical (unpaired) electrons. The largest absolute Gasteiger partial charge is 0.364 e. The van der Waals surface area contributed by atoms with Gasteiger partial charge in [-0.3, -0.25) is 38.4 Å². The van der Waals surface area contributed by atoms with Crippen LogP contribution < -0.4 is 26.1 Å². The molecule has 334 valence electrons. The number of halogens is 4. The zero-order chi connectivity index (χ0) is 43.9. The molecule has 63 heavy (non-hydrogen) atoms. The van der Waals surface area contributed by atoms with Gasteiger partial charge in [0.25, 0.3) is 18.3 Å². The van der Waals surface area contributed by atoms with Gasteiger partial charge in [-0.15, -0.1) is 0 Å². The zero-order valence-corrected chi connectivity index (χ0v) is 35.2. The van der Waals surface area contributed by atoms with E-state index in [0.717, 1.165) is 38.0 Å². The van der Waals surface area contributed by atoms with Crippen molar-refractivity contribution in [3.05, 3.63) is 64.6 Å². The second-order valence-electron chi connectivity index (χ2n) is 18.2. The van der Waals surface area contributed by atoms with Crippen LogP contribution in [0.15, 0.2) is 47.7 Å². The number of imide groups is 1. The van der Waals surface area contributed by atoms with Crippen molar-refractivity contribution >= 4 is 51.6 Å². The summed E-state index contributed by atoms with van der Waals surface area (Å²) in [5, 5.41) is 13.5. The third-order valence-corrected chi connectivity index (χ3v) is 14.3. The number of amides is 3. The second kappa shape index (κ2) is 15.5. The topological polar surface area (TPSA) is 160 Å². The second-order valence-corrected chi connectivity index (χ2v) is 18.2. The van der Waals surface area contributed by atoms with E-state index in [9.17, 15) is 28.0 Å². The van der Waals surface area contributed by atoms with Crippen LogP contribution in [0, 0.1) is 5.92 Å². The molecule has 2 N–H and O–H groups in total. The number of aryl methyl sites for hydroxylation is 1. The molecule has 2 aliphatic carbocycles. The number of hydrogen-bond donors (Lipinski definition) is 2. The predicted octanol–water partition coefficient (Wildman–Crippen LogP) is 5.46. The van der Waals surface area contributed by atoms with Crippen molar-refractivity contribution in [1.82, 2.24) is 43.7 Å². The number of piperidine rings is 2. The summed E-state index contributed by atoms with van der Waals surface area (Å²) in [6.45, 7) is 1.07. The molecule has 20 heteroatoms. The Bertz CT molecular complexity index is 2680. The molecule has 7 heterocycles. The van der Waals surface area contributed by atoms with E-state index >= 15 is 8.78 Å². The minimum Gasteiger partial charge on any atom is -0.364 e. The van der Waals surface area contributed by atoms with Crippen molar-refractivity contribution in [2.75, 3.05) is 48.3 Å². The maximum absolute atomic E-state index is 16.2. The molecule has 3 amide bonds. The molecule has 2 saturated carbocycles. The van der Waals surface area contributed by atoms with Crippen LogP contribution in [0.4, 0.5) is 34.8 Å². The minimum absolute atomic E-state index is 0.0808. The van der Waals surface area contributed by atoms with E-state index in [1.165, 1.54) is 30.7 Å². The van der Waals surface area contributed by atoms with Crippen LogP contribution in [-0.4, -0.2) is 107 Å². The van der Waals surface area contributed by atoms with Crippen LogP contribution in [0.1, 0.15) is 105 Å². The van der Waals surface area contributed by atoms with E-state index < -0.39 is 60.1 Å². The Morgan fingerprint density at radius 3 is 2.56 bits per heavy atom. The summed E-state index contributed by atoms with van der Waals surface area (Å²) in [6.07, 6.45) is 9.09. The van der Waals surface area contributed by atoms with E-state index in [-0.39, 0.29) is 48.0 Å². The first kappa shape index (κ1) is 41.2. The van der Waals surface area contributed by atoms with Gasteiger partial charge in [0.1, 0.15) is 17.4 Å². The van der Waals surface area contributed by atoms with Crippen molar-refractivity contribution in [2.24, 2.45) is 13.0 Å². The average Bonchev–Trinajstić information content (AvgIpc) is 3.52. The molecule has 2 unspecified atom stereocenters. The van der Waals surface area contributed by atoms with E-state index in [1.54, 1.807) is 48.3 Å². The molecule has 1 spiro atoms. The SMILES string of the molecule is CN(CC1CCC(n2cc(NC(=O)c3cnn4ccc(N5CCCC56CC6)nc34)c(C(F)F)n2)CC1)C1CCN(c2cccc3c2n(C)c(=O)n3C2CCC(=O)NC2=O)CC1(F)F. The summed E-state index contributed by atoms with van der Waals surface area (Å²) in [5.41, 5.74) is 0.942. The standard InChI is InChI=1S/C43H50F4N12O4/c1-53(32-13-19-55(24-43(32,46)47)29-5-3-6-30-36(29)54(2)41(63)59(30)31-11-12-34(60)51-40(31)62)22-25-7-9-26(10-8-25)58-23-28(35(52-58)37(44)45)49-39(61)27-21-48-57-20-14-33(50-38(27)57)56-18-4-15-42(56)16-17-42/h3,5-6,14,20-21,23,25-26,31-32,37H,4,7-13,15-19,22,24H2,1-2H3,(H,49,61)(H,51,60,62). The number of alkyl halides is 4. The summed E-state index contributed by atoms with van der Waals surface area (Å²) >= 11 is 0. The van der Waals surface area contributed by atoms with E-state index in [4.69, 9.17) is 4.98 Å². The van der Waals surface area contributed by atoms with Crippen LogP contribution in [0.5, 0.6) is 0 Å². The number of para-hydroxylation sites is 1. The van der Waals surface area contributed by atoms with Gasteiger partial charge in [0.2, 0.25) is 11.8 Å². The highest BCUT2D eigenvalue weighted by molar-refractivity contribution is 6.08. The smallest absolute Gasteiger partial charge is 0.329 e. The fourth-order valence-electron chi connectivity index (χ4n) is 10.9. The van der Waals surface area contributed by atoms with E-state index in [0.29, 0.717) is 61.1 Å². The third kappa shape index (κ3) is 7.22. The molecule has 1 aromatic carbocycles. The first-order chi connectivity index (χ1) is 30.2. The Morgan fingerprint density at radius 2 is 1.83 bits per heavy atom. The molecule has 2 atom stereocenters. The van der Waals surface area contributed by atoms with Crippen molar-refractivity contribution in [3.8, 4) is 0 Å². The number of nitrogens with one attached hydrogen (secondary N) is 2. The zero-order valence-electron chi connectivity index (χ0n) is 35.2. The van der Waals surface area contributed by atoms with Gasteiger partial charge in [-0.1, -0.05) is 6.07 Å². The number of hydrogen-bond acceptors (Lipinski definition) is 10. The molecular formula is C43H50F4N12O4. The van der Waals surface area contributed by atoms with Crippen LogP contribution in [0.25, 0.3) is 16.7 Å². The Balaban J connectivity index is 0.774. The maximum Gasteiger partial charge on any atom is 0.329 e. The number of nitrogens with zero attached hydrogens (tertiary/aromatic N) is 10. The van der Waals surface area contributed by atoms with Gasteiger partial charge in [-0.05, 0) is 95.4 Å². The van der Waals surface area contributed by atoms with Gasteiger partial charge in [-0.25, -0.2) is 31.9 Å². The van der Waals surface area contributed by atoms with Crippen molar-refractivity contribution in [2.45, 2.75) is 107 Å². The van der Waals surface area contributed by atoms with Gasteiger partial charge in [0.05, 0.1) is 47.2 Å². The van der Waals surface area contributed by atoms with Crippen molar-refractivity contribution in [3.63, 3.8) is 0 Å². The fourth-order valence-corrected chi connectivity index (χ4v) is 10.9. The maximum atomic E-state index is 16.2. The Hall–Kier alpha value is -5.79. The minimum atomic E-state index is -3.10. The number of imidazole rings is 1. The summed E-state index contributed by atoms with van der Waals surface area (Å²) in [6, 6.07) is 4.85. The molecule has 3 aliphatic heterocycles. The number of fused-ring (bicyclic) bond motifs is 2. The van der Waals surface area contributed by atoms with Gasteiger partial charge in [0, 0.05) is 51.0 Å². The Morgan fingerprint density at radius 1 is 1.03 bits per heavy atom. The lowest BCUT2D eigenvalue weighted by Crippen LogP contribution is -2.58. The normalized spacial score (nSPS) is 24.6. The molecule has 0 bridgehead atoms. The van der Waals surface area contributed by atoms with Crippen LogP contribution in [0.2, 0.25) is 0 Å². The molecule has 5 aliphatic rings. The lowest BCUT2D eigenvalue weighted by atomic mass is 9.85. The number of carbonyl (C=O) groups is 3. The molecule has 5 fully saturated rings. The van der Waals surface area contributed by atoms with Gasteiger partial charge < -0.3 is 15.1 Å². The summed E-state index contributed by atoms with van der Waals surface area (Å²) in [5.74, 6) is -3.81. The number of rotatable bonds is 10. The van der Waals surface area contributed by atoms with Gasteiger partial charge in [-0.2, -0.15) is 10.2 Å². The first-order valence-corrected chi connectivity index (χ1v) is 21.9. The van der Waals surface area contributed by atoms with Crippen molar-refractivity contribution in [1.29, 1.82) is 0 Å². The highest BCUT2D eigenvalue weighted by Gasteiger charge is 2.51. The van der Waals surface area contributed by atoms with Gasteiger partial charge >= 0.3 is 5.69 Å². The van der Waals surface area contributed by atoms with Crippen LogP contribution in [0.3, 0.4) is 0 Å². The van der Waals surface area contributed by atoms with E-state index in [2.05, 4.69) is 25.7 Å². The lowest BCUT2D eigenvalue weighted by Gasteiger charge is -2.44. The number of aromatic nitrogens is 7. The Kier molecular flexibility index (Phi) is 10.1. The number of carbonyl (C=O) groups excluding carboxylic acids is 3.